The minimum atomic E-state index is -0.222. The lowest BCUT2D eigenvalue weighted by Crippen LogP contribution is -2.14. The molecule has 5 nitrogen and oxygen atoms in total. The summed E-state index contributed by atoms with van der Waals surface area (Å²) in [4.78, 5) is 17.6. The number of rotatable bonds is 4. The molecular formula is C25H24N2O3. The second-order valence-corrected chi connectivity index (χ2v) is 7.59. The molecule has 1 aromatic heterocycles. The van der Waals surface area contributed by atoms with Crippen LogP contribution in [0.5, 0.6) is 5.75 Å². The smallest absolute Gasteiger partial charge is 0.259 e. The zero-order chi connectivity index (χ0) is 21.4. The maximum atomic E-state index is 12.9. The molecule has 30 heavy (non-hydrogen) atoms. The van der Waals surface area contributed by atoms with Crippen molar-refractivity contribution in [2.45, 2.75) is 27.7 Å². The van der Waals surface area contributed by atoms with Crippen molar-refractivity contribution in [2.75, 3.05) is 12.4 Å². The number of para-hydroxylation sites is 1. The summed E-state index contributed by atoms with van der Waals surface area (Å²) in [5.74, 6) is 0.885. The number of aromatic nitrogens is 1. The van der Waals surface area contributed by atoms with Crippen molar-refractivity contribution in [3.8, 4) is 17.2 Å². The number of anilines is 1. The van der Waals surface area contributed by atoms with E-state index in [2.05, 4.69) is 16.4 Å². The van der Waals surface area contributed by atoms with E-state index in [0.717, 1.165) is 38.9 Å². The summed E-state index contributed by atoms with van der Waals surface area (Å²) in [5, 5.41) is 3.00. The monoisotopic (exact) mass is 400 g/mol. The molecule has 1 amide bonds. The van der Waals surface area contributed by atoms with Gasteiger partial charge in [-0.3, -0.25) is 4.79 Å². The van der Waals surface area contributed by atoms with Crippen LogP contribution in [-0.2, 0) is 0 Å². The van der Waals surface area contributed by atoms with Crippen molar-refractivity contribution < 1.29 is 13.9 Å². The topological polar surface area (TPSA) is 64.4 Å². The van der Waals surface area contributed by atoms with E-state index < -0.39 is 0 Å². The van der Waals surface area contributed by atoms with E-state index in [1.165, 1.54) is 0 Å². The third-order valence-corrected chi connectivity index (χ3v) is 5.21. The first-order valence-corrected chi connectivity index (χ1v) is 9.81. The Labute approximate surface area is 175 Å². The lowest BCUT2D eigenvalue weighted by molar-refractivity contribution is 0.102. The number of amides is 1. The highest BCUT2D eigenvalue weighted by molar-refractivity contribution is 6.07. The lowest BCUT2D eigenvalue weighted by atomic mass is 10.1. The third-order valence-electron chi connectivity index (χ3n) is 5.21. The molecule has 0 atom stereocenters. The summed E-state index contributed by atoms with van der Waals surface area (Å²) < 4.78 is 11.5. The number of hydrogen-bond acceptors (Lipinski definition) is 4. The maximum Gasteiger partial charge on any atom is 0.259 e. The fourth-order valence-electron chi connectivity index (χ4n) is 3.68. The minimum Gasteiger partial charge on any atom is -0.496 e. The van der Waals surface area contributed by atoms with Crippen molar-refractivity contribution in [3.63, 3.8) is 0 Å². The van der Waals surface area contributed by atoms with E-state index in [0.29, 0.717) is 22.9 Å². The highest BCUT2D eigenvalue weighted by Crippen LogP contribution is 2.31. The average Bonchev–Trinajstić information content (AvgIpc) is 3.13. The highest BCUT2D eigenvalue weighted by Gasteiger charge is 2.17. The number of benzene rings is 3. The predicted molar refractivity (Wildman–Crippen MR) is 119 cm³/mol. The van der Waals surface area contributed by atoms with Crippen LogP contribution in [0.4, 0.5) is 5.69 Å². The van der Waals surface area contributed by atoms with Crippen molar-refractivity contribution in [1.29, 1.82) is 0 Å². The molecule has 5 heteroatoms. The normalized spacial score (nSPS) is 11.0. The molecule has 0 aliphatic carbocycles. The van der Waals surface area contributed by atoms with Gasteiger partial charge in [-0.1, -0.05) is 24.3 Å². The quantitative estimate of drug-likeness (QED) is 0.457. The van der Waals surface area contributed by atoms with Gasteiger partial charge in [0, 0.05) is 11.3 Å². The van der Waals surface area contributed by atoms with Crippen molar-refractivity contribution in [3.05, 3.63) is 76.3 Å². The van der Waals surface area contributed by atoms with Gasteiger partial charge in [0.1, 0.15) is 11.3 Å². The number of fused-ring (bicyclic) bond motifs is 1. The Kier molecular flexibility index (Phi) is 5.04. The third kappa shape index (κ3) is 3.54. The molecule has 1 heterocycles. The number of methoxy groups -OCH3 is 1. The summed E-state index contributed by atoms with van der Waals surface area (Å²) in [5.41, 5.74) is 7.67. The Bertz CT molecular complexity index is 1270. The number of hydrogen-bond donors (Lipinski definition) is 1. The van der Waals surface area contributed by atoms with Crippen molar-refractivity contribution in [2.24, 2.45) is 0 Å². The van der Waals surface area contributed by atoms with Gasteiger partial charge in [-0.25, -0.2) is 4.98 Å². The second kappa shape index (κ2) is 7.67. The molecular weight excluding hydrogens is 376 g/mol. The van der Waals surface area contributed by atoms with Crippen LogP contribution in [0.3, 0.4) is 0 Å². The van der Waals surface area contributed by atoms with Crippen LogP contribution in [0.1, 0.15) is 32.6 Å². The SMILES string of the molecule is COc1c(C)cccc1C(=O)Nc1cc(-c2nc3cc(C)cc(C)c3o2)ccc1C. The predicted octanol–water partition coefficient (Wildman–Crippen LogP) is 5.99. The van der Waals surface area contributed by atoms with E-state index >= 15 is 0 Å². The van der Waals surface area contributed by atoms with E-state index in [-0.39, 0.29) is 5.91 Å². The van der Waals surface area contributed by atoms with Gasteiger partial charge in [0.15, 0.2) is 5.58 Å². The van der Waals surface area contributed by atoms with Gasteiger partial charge in [-0.2, -0.15) is 0 Å². The first-order chi connectivity index (χ1) is 14.4. The van der Waals surface area contributed by atoms with Crippen LogP contribution in [0.25, 0.3) is 22.6 Å². The fraction of sp³-hybridized carbons (Fsp3) is 0.200. The molecule has 0 fully saturated rings. The Morgan fingerprint density at radius 2 is 1.77 bits per heavy atom. The molecule has 1 N–H and O–H groups in total. The number of carbonyl (C=O) groups excluding carboxylic acids is 1. The molecule has 0 spiro atoms. The van der Waals surface area contributed by atoms with Crippen molar-refractivity contribution in [1.82, 2.24) is 4.98 Å². The molecule has 0 aliphatic heterocycles. The molecule has 152 valence electrons. The molecule has 0 bridgehead atoms. The zero-order valence-corrected chi connectivity index (χ0v) is 17.8. The van der Waals surface area contributed by atoms with E-state index in [4.69, 9.17) is 9.15 Å². The van der Waals surface area contributed by atoms with Crippen LogP contribution in [0.15, 0.2) is 52.9 Å². The van der Waals surface area contributed by atoms with E-state index in [1.807, 2.05) is 64.1 Å². The second-order valence-electron chi connectivity index (χ2n) is 7.59. The average molecular weight is 400 g/mol. The Morgan fingerprint density at radius 1 is 0.967 bits per heavy atom. The first kappa shape index (κ1) is 19.7. The molecule has 0 radical (unpaired) electrons. The Hall–Kier alpha value is -3.60. The van der Waals surface area contributed by atoms with Gasteiger partial charge in [0.05, 0.1) is 12.7 Å². The molecule has 4 rings (SSSR count). The number of carbonyl (C=O) groups is 1. The maximum absolute atomic E-state index is 12.9. The summed E-state index contributed by atoms with van der Waals surface area (Å²) in [6.07, 6.45) is 0. The molecule has 0 unspecified atom stereocenters. The molecule has 0 aliphatic rings. The first-order valence-electron chi connectivity index (χ1n) is 9.81. The van der Waals surface area contributed by atoms with Gasteiger partial charge in [0.25, 0.3) is 5.91 Å². The summed E-state index contributed by atoms with van der Waals surface area (Å²) in [6, 6.07) is 15.4. The van der Waals surface area contributed by atoms with E-state index in [1.54, 1.807) is 13.2 Å². The number of aryl methyl sites for hydroxylation is 4. The van der Waals surface area contributed by atoms with Gasteiger partial charge in [-0.15, -0.1) is 0 Å². The van der Waals surface area contributed by atoms with Crippen LogP contribution in [0, 0.1) is 27.7 Å². The number of nitrogens with zero attached hydrogens (tertiary/aromatic N) is 1. The molecule has 0 saturated carbocycles. The highest BCUT2D eigenvalue weighted by atomic mass is 16.5. The zero-order valence-electron chi connectivity index (χ0n) is 17.8. The molecule has 0 saturated heterocycles. The largest absolute Gasteiger partial charge is 0.496 e. The van der Waals surface area contributed by atoms with Gasteiger partial charge < -0.3 is 14.5 Å². The standard InChI is InChI=1S/C25H24N2O3/c1-14-11-17(4)23-21(12-14)27-25(30-23)18-10-9-15(2)20(13-18)26-24(28)19-8-6-7-16(3)22(19)29-5/h6-13H,1-5H3,(H,26,28). The van der Waals surface area contributed by atoms with Crippen LogP contribution in [0.2, 0.25) is 0 Å². The molecule has 3 aromatic carbocycles. The number of ether oxygens (including phenoxy) is 1. The summed E-state index contributed by atoms with van der Waals surface area (Å²) in [6.45, 7) is 7.92. The summed E-state index contributed by atoms with van der Waals surface area (Å²) in [7, 11) is 1.57. The molecule has 4 aromatic rings. The number of nitrogens with one attached hydrogen (secondary N) is 1. The van der Waals surface area contributed by atoms with Crippen molar-refractivity contribution >= 4 is 22.7 Å². The lowest BCUT2D eigenvalue weighted by Gasteiger charge is -2.13. The summed E-state index contributed by atoms with van der Waals surface area (Å²) >= 11 is 0. The Balaban J connectivity index is 1.70. The van der Waals surface area contributed by atoms with E-state index in [9.17, 15) is 4.79 Å². The van der Waals surface area contributed by atoms with Crippen LogP contribution >= 0.6 is 0 Å². The minimum absolute atomic E-state index is 0.222. The Morgan fingerprint density at radius 3 is 2.53 bits per heavy atom. The number of oxazole rings is 1. The van der Waals surface area contributed by atoms with Crippen LogP contribution in [-0.4, -0.2) is 18.0 Å². The van der Waals surface area contributed by atoms with Crippen LogP contribution < -0.4 is 10.1 Å². The fourth-order valence-corrected chi connectivity index (χ4v) is 3.68. The van der Waals surface area contributed by atoms with Gasteiger partial charge in [0.2, 0.25) is 5.89 Å². The van der Waals surface area contributed by atoms with Gasteiger partial charge in [-0.05, 0) is 74.2 Å². The van der Waals surface area contributed by atoms with Gasteiger partial charge >= 0.3 is 0 Å².